The second-order valence-electron chi connectivity index (χ2n) is 4.58. The lowest BCUT2D eigenvalue weighted by molar-refractivity contribution is 0.184. The zero-order valence-corrected chi connectivity index (χ0v) is 12.2. The number of para-hydroxylation sites is 1. The Kier molecular flexibility index (Phi) is 5.64. The monoisotopic (exact) mass is 284 g/mol. The van der Waals surface area contributed by atoms with Gasteiger partial charge in [0.05, 0.1) is 0 Å². The highest BCUT2D eigenvalue weighted by Gasteiger charge is 2.11. The highest BCUT2D eigenvalue weighted by molar-refractivity contribution is 5.74. The number of nitrogens with zero attached hydrogens (tertiary/aromatic N) is 1. The highest BCUT2D eigenvalue weighted by Crippen LogP contribution is 2.08. The summed E-state index contributed by atoms with van der Waals surface area (Å²) in [5.41, 5.74) is 1.11. The quantitative estimate of drug-likeness (QED) is 0.827. The van der Waals surface area contributed by atoms with Crippen LogP contribution in [0, 0.1) is 0 Å². The normalized spacial score (nSPS) is 9.95. The van der Waals surface area contributed by atoms with Gasteiger partial charge in [-0.3, -0.25) is 0 Å². The van der Waals surface area contributed by atoms with Gasteiger partial charge in [-0.1, -0.05) is 48.5 Å². The average molecular weight is 284 g/mol. The van der Waals surface area contributed by atoms with Gasteiger partial charge in [0.2, 0.25) is 0 Å². The third kappa shape index (κ3) is 4.84. The molecular formula is C17H20N2O2. The maximum absolute atomic E-state index is 12.1. The van der Waals surface area contributed by atoms with Crippen LogP contribution in [0.2, 0.25) is 0 Å². The van der Waals surface area contributed by atoms with E-state index in [4.69, 9.17) is 4.74 Å². The number of ether oxygens (including phenoxy) is 1. The molecule has 0 aliphatic carbocycles. The maximum atomic E-state index is 12.1. The molecule has 0 fully saturated rings. The molecule has 0 aliphatic rings. The number of amides is 2. The van der Waals surface area contributed by atoms with Gasteiger partial charge in [0.15, 0.2) is 6.73 Å². The SMILES string of the molecule is CCN(Cc1ccccc1)C(=O)NCOc1ccccc1. The Bertz CT molecular complexity index is 543. The fourth-order valence-electron chi connectivity index (χ4n) is 1.94. The van der Waals surface area contributed by atoms with E-state index >= 15 is 0 Å². The molecule has 0 aromatic heterocycles. The van der Waals surface area contributed by atoms with Crippen LogP contribution in [0.4, 0.5) is 4.79 Å². The van der Waals surface area contributed by atoms with Crippen molar-refractivity contribution in [1.82, 2.24) is 10.2 Å². The molecule has 21 heavy (non-hydrogen) atoms. The molecule has 4 nitrogen and oxygen atoms in total. The summed E-state index contributed by atoms with van der Waals surface area (Å²) in [6, 6.07) is 19.2. The Morgan fingerprint density at radius 1 is 1.05 bits per heavy atom. The minimum atomic E-state index is -0.128. The van der Waals surface area contributed by atoms with Crippen LogP contribution in [0.3, 0.4) is 0 Å². The summed E-state index contributed by atoms with van der Waals surface area (Å²) in [6.07, 6.45) is 0. The summed E-state index contributed by atoms with van der Waals surface area (Å²) in [6.45, 7) is 3.36. The summed E-state index contributed by atoms with van der Waals surface area (Å²) < 4.78 is 5.46. The summed E-state index contributed by atoms with van der Waals surface area (Å²) in [4.78, 5) is 13.8. The molecule has 0 radical (unpaired) electrons. The highest BCUT2D eigenvalue weighted by atomic mass is 16.5. The van der Waals surface area contributed by atoms with E-state index in [1.165, 1.54) is 0 Å². The fraction of sp³-hybridized carbons (Fsp3) is 0.235. The Balaban J connectivity index is 1.80. The van der Waals surface area contributed by atoms with E-state index in [-0.39, 0.29) is 12.8 Å². The first kappa shape index (κ1) is 14.9. The predicted octanol–water partition coefficient (Wildman–Crippen LogP) is 3.25. The van der Waals surface area contributed by atoms with Gasteiger partial charge in [-0.2, -0.15) is 0 Å². The molecule has 0 atom stereocenters. The number of urea groups is 1. The van der Waals surface area contributed by atoms with E-state index in [0.717, 1.165) is 11.3 Å². The van der Waals surface area contributed by atoms with Crippen molar-refractivity contribution in [2.24, 2.45) is 0 Å². The molecule has 4 heteroatoms. The summed E-state index contributed by atoms with van der Waals surface area (Å²) >= 11 is 0. The molecule has 2 aromatic carbocycles. The molecule has 0 saturated heterocycles. The Morgan fingerprint density at radius 2 is 1.67 bits per heavy atom. The zero-order valence-electron chi connectivity index (χ0n) is 12.2. The van der Waals surface area contributed by atoms with Crippen LogP contribution < -0.4 is 10.1 Å². The Labute approximate surface area is 125 Å². The van der Waals surface area contributed by atoms with E-state index in [0.29, 0.717) is 13.1 Å². The number of hydrogen-bond donors (Lipinski definition) is 1. The standard InChI is InChI=1S/C17H20N2O2/c1-2-19(13-15-9-5-3-6-10-15)17(20)18-14-21-16-11-7-4-8-12-16/h3-12H,2,13-14H2,1H3,(H,18,20). The molecular weight excluding hydrogens is 264 g/mol. The average Bonchev–Trinajstić information content (AvgIpc) is 2.54. The third-order valence-electron chi connectivity index (χ3n) is 3.09. The van der Waals surface area contributed by atoms with Crippen molar-refractivity contribution in [2.45, 2.75) is 13.5 Å². The molecule has 2 amide bonds. The molecule has 0 bridgehead atoms. The van der Waals surface area contributed by atoms with Gasteiger partial charge in [0, 0.05) is 13.1 Å². The van der Waals surface area contributed by atoms with E-state index in [9.17, 15) is 4.79 Å². The number of nitrogens with one attached hydrogen (secondary N) is 1. The molecule has 2 aromatic rings. The van der Waals surface area contributed by atoms with E-state index in [1.807, 2.05) is 67.6 Å². The number of benzene rings is 2. The van der Waals surface area contributed by atoms with Crippen LogP contribution in [-0.2, 0) is 6.54 Å². The Hall–Kier alpha value is -2.49. The van der Waals surface area contributed by atoms with Crippen LogP contribution in [-0.4, -0.2) is 24.2 Å². The largest absolute Gasteiger partial charge is 0.473 e. The van der Waals surface area contributed by atoms with Gasteiger partial charge in [0.25, 0.3) is 0 Å². The first-order chi connectivity index (χ1) is 10.3. The molecule has 0 spiro atoms. The van der Waals surface area contributed by atoms with Crippen LogP contribution in [0.1, 0.15) is 12.5 Å². The smallest absolute Gasteiger partial charge is 0.320 e. The van der Waals surface area contributed by atoms with Crippen molar-refractivity contribution in [3.8, 4) is 5.75 Å². The van der Waals surface area contributed by atoms with Crippen molar-refractivity contribution < 1.29 is 9.53 Å². The van der Waals surface area contributed by atoms with E-state index in [2.05, 4.69) is 5.32 Å². The molecule has 0 heterocycles. The van der Waals surface area contributed by atoms with Crippen LogP contribution >= 0.6 is 0 Å². The zero-order chi connectivity index (χ0) is 14.9. The lowest BCUT2D eigenvalue weighted by Gasteiger charge is -2.21. The van der Waals surface area contributed by atoms with Crippen LogP contribution in [0.15, 0.2) is 60.7 Å². The van der Waals surface area contributed by atoms with Crippen molar-refractivity contribution in [1.29, 1.82) is 0 Å². The molecule has 110 valence electrons. The van der Waals surface area contributed by atoms with Gasteiger partial charge >= 0.3 is 6.03 Å². The molecule has 0 unspecified atom stereocenters. The Morgan fingerprint density at radius 3 is 2.29 bits per heavy atom. The lowest BCUT2D eigenvalue weighted by Crippen LogP contribution is -2.40. The van der Waals surface area contributed by atoms with Crippen LogP contribution in [0.5, 0.6) is 5.75 Å². The molecule has 1 N–H and O–H groups in total. The predicted molar refractivity (Wildman–Crippen MR) is 83.0 cm³/mol. The maximum Gasteiger partial charge on any atom is 0.320 e. The van der Waals surface area contributed by atoms with Gasteiger partial charge < -0.3 is 15.0 Å². The second kappa shape index (κ2) is 7.94. The summed E-state index contributed by atoms with van der Waals surface area (Å²) in [5.74, 6) is 0.740. The van der Waals surface area contributed by atoms with Gasteiger partial charge in [0.1, 0.15) is 5.75 Å². The third-order valence-corrected chi connectivity index (χ3v) is 3.09. The van der Waals surface area contributed by atoms with E-state index in [1.54, 1.807) is 4.90 Å². The van der Waals surface area contributed by atoms with Crippen molar-refractivity contribution in [3.63, 3.8) is 0 Å². The summed E-state index contributed by atoms with van der Waals surface area (Å²) in [7, 11) is 0. The topological polar surface area (TPSA) is 41.6 Å². The molecule has 0 aliphatic heterocycles. The number of hydrogen-bond acceptors (Lipinski definition) is 2. The van der Waals surface area contributed by atoms with Crippen molar-refractivity contribution in [2.75, 3.05) is 13.3 Å². The first-order valence-electron chi connectivity index (χ1n) is 7.04. The molecule has 0 saturated carbocycles. The van der Waals surface area contributed by atoms with Crippen molar-refractivity contribution in [3.05, 3.63) is 66.2 Å². The van der Waals surface area contributed by atoms with Gasteiger partial charge in [-0.05, 0) is 24.6 Å². The van der Waals surface area contributed by atoms with Crippen molar-refractivity contribution >= 4 is 6.03 Å². The summed E-state index contributed by atoms with van der Waals surface area (Å²) in [5, 5.41) is 2.77. The number of rotatable bonds is 6. The van der Waals surface area contributed by atoms with E-state index < -0.39 is 0 Å². The molecule has 2 rings (SSSR count). The first-order valence-corrected chi connectivity index (χ1v) is 7.04. The minimum Gasteiger partial charge on any atom is -0.473 e. The van der Waals surface area contributed by atoms with Gasteiger partial charge in [-0.25, -0.2) is 4.79 Å². The minimum absolute atomic E-state index is 0.128. The fourth-order valence-corrected chi connectivity index (χ4v) is 1.94. The van der Waals surface area contributed by atoms with Gasteiger partial charge in [-0.15, -0.1) is 0 Å². The second-order valence-corrected chi connectivity index (χ2v) is 4.58. The number of carbonyl (C=O) groups is 1. The van der Waals surface area contributed by atoms with Crippen LogP contribution in [0.25, 0.3) is 0 Å². The lowest BCUT2D eigenvalue weighted by atomic mass is 10.2. The number of carbonyl (C=O) groups excluding carboxylic acids is 1.